The van der Waals surface area contributed by atoms with E-state index in [0.29, 0.717) is 33.8 Å². The Morgan fingerprint density at radius 3 is 2.77 bits per heavy atom. The molecule has 0 saturated heterocycles. The zero-order valence-electron chi connectivity index (χ0n) is 17.6. The quantitative estimate of drug-likeness (QED) is 0.357. The number of rotatable bonds is 6. The van der Waals surface area contributed by atoms with Crippen LogP contribution in [0.3, 0.4) is 0 Å². The molecule has 4 rings (SSSR count). The Morgan fingerprint density at radius 2 is 2.00 bits per heavy atom. The summed E-state index contributed by atoms with van der Waals surface area (Å²) in [4.78, 5) is 17.3. The summed E-state index contributed by atoms with van der Waals surface area (Å²) in [5, 5.41) is 3.28. The number of nitrogens with zero attached hydrogens (tertiary/aromatic N) is 1. The molecule has 0 fully saturated rings. The van der Waals surface area contributed by atoms with Crippen LogP contribution in [0.15, 0.2) is 65.1 Å². The summed E-state index contributed by atoms with van der Waals surface area (Å²) in [6.45, 7) is 4.36. The van der Waals surface area contributed by atoms with Gasteiger partial charge in [-0.05, 0) is 66.4 Å². The molecule has 0 aliphatic heterocycles. The van der Waals surface area contributed by atoms with Crippen molar-refractivity contribution < 1.29 is 13.9 Å². The Kier molecular flexibility index (Phi) is 5.96. The van der Waals surface area contributed by atoms with Crippen molar-refractivity contribution in [2.24, 2.45) is 0 Å². The second kappa shape index (κ2) is 8.82. The molecule has 0 spiro atoms. The summed E-state index contributed by atoms with van der Waals surface area (Å²) in [5.74, 6) is 1.26. The first-order chi connectivity index (χ1) is 15.0. The molecule has 1 N–H and O–H groups in total. The molecule has 0 saturated carbocycles. The van der Waals surface area contributed by atoms with E-state index in [2.05, 4.69) is 36.3 Å². The third-order valence-electron chi connectivity index (χ3n) is 5.39. The number of nitrogens with one attached hydrogen (secondary N) is 1. The predicted molar refractivity (Wildman–Crippen MR) is 124 cm³/mol. The van der Waals surface area contributed by atoms with Crippen LogP contribution in [0.4, 0.5) is 5.69 Å². The van der Waals surface area contributed by atoms with Crippen molar-refractivity contribution in [3.63, 3.8) is 0 Å². The fraction of sp³-hybridized carbons (Fsp3) is 0.200. The molecule has 1 heterocycles. The van der Waals surface area contributed by atoms with Crippen molar-refractivity contribution in [3.05, 3.63) is 76.8 Å². The molecule has 1 amide bonds. The molecule has 4 aromatic rings. The normalized spacial score (nSPS) is 12.0. The second-order valence-corrected chi connectivity index (χ2v) is 7.84. The second-order valence-electron chi connectivity index (χ2n) is 7.44. The van der Waals surface area contributed by atoms with Gasteiger partial charge in [0.2, 0.25) is 5.89 Å². The number of hydrogen-bond acceptors (Lipinski definition) is 4. The Labute approximate surface area is 186 Å². The van der Waals surface area contributed by atoms with Crippen LogP contribution in [0.2, 0.25) is 5.02 Å². The number of ether oxygens (including phenoxy) is 1. The Bertz CT molecular complexity index is 1250. The van der Waals surface area contributed by atoms with Gasteiger partial charge in [0.05, 0.1) is 17.8 Å². The molecule has 158 valence electrons. The molecule has 5 nitrogen and oxygen atoms in total. The molecule has 0 radical (unpaired) electrons. The van der Waals surface area contributed by atoms with Gasteiger partial charge in [-0.1, -0.05) is 37.6 Å². The van der Waals surface area contributed by atoms with Gasteiger partial charge < -0.3 is 14.5 Å². The molecule has 1 atom stereocenters. The summed E-state index contributed by atoms with van der Waals surface area (Å²) < 4.78 is 11.1. The van der Waals surface area contributed by atoms with Crippen molar-refractivity contribution in [1.82, 2.24) is 4.98 Å². The van der Waals surface area contributed by atoms with Crippen molar-refractivity contribution in [2.75, 3.05) is 12.4 Å². The molecule has 1 aromatic heterocycles. The number of hydrogen-bond donors (Lipinski definition) is 1. The summed E-state index contributed by atoms with van der Waals surface area (Å²) >= 11 is 6.33. The third kappa shape index (κ3) is 4.42. The maximum atomic E-state index is 12.7. The average Bonchev–Trinajstić information content (AvgIpc) is 3.23. The smallest absolute Gasteiger partial charge is 0.255 e. The highest BCUT2D eigenvalue weighted by molar-refractivity contribution is 6.34. The fourth-order valence-corrected chi connectivity index (χ4v) is 3.49. The topological polar surface area (TPSA) is 64.4 Å². The van der Waals surface area contributed by atoms with Gasteiger partial charge in [-0.25, -0.2) is 4.98 Å². The molecule has 0 bridgehead atoms. The summed E-state index contributed by atoms with van der Waals surface area (Å²) in [7, 11) is 1.56. The molecule has 0 unspecified atom stereocenters. The number of anilines is 1. The minimum Gasteiger partial charge on any atom is -0.497 e. The van der Waals surface area contributed by atoms with Crippen LogP contribution in [-0.4, -0.2) is 18.0 Å². The molecule has 6 heteroatoms. The van der Waals surface area contributed by atoms with Crippen LogP contribution >= 0.6 is 11.6 Å². The van der Waals surface area contributed by atoms with Crippen LogP contribution < -0.4 is 10.1 Å². The number of methoxy groups -OCH3 is 1. The number of halogens is 1. The minimum atomic E-state index is -0.284. The van der Waals surface area contributed by atoms with Crippen molar-refractivity contribution in [2.45, 2.75) is 26.2 Å². The zero-order chi connectivity index (χ0) is 22.0. The Hall–Kier alpha value is -3.31. The minimum absolute atomic E-state index is 0.284. The van der Waals surface area contributed by atoms with Gasteiger partial charge in [-0.15, -0.1) is 0 Å². The van der Waals surface area contributed by atoms with E-state index in [-0.39, 0.29) is 5.91 Å². The van der Waals surface area contributed by atoms with Crippen LogP contribution in [0.25, 0.3) is 22.6 Å². The molecule has 3 aromatic carbocycles. The number of aromatic nitrogens is 1. The lowest BCUT2D eigenvalue weighted by Crippen LogP contribution is -2.12. The van der Waals surface area contributed by atoms with Crippen molar-refractivity contribution in [3.8, 4) is 17.2 Å². The van der Waals surface area contributed by atoms with E-state index in [0.717, 1.165) is 23.1 Å². The lowest BCUT2D eigenvalue weighted by atomic mass is 9.98. The number of amides is 1. The van der Waals surface area contributed by atoms with Gasteiger partial charge in [0.15, 0.2) is 5.58 Å². The lowest BCUT2D eigenvalue weighted by Gasteiger charge is -2.09. The third-order valence-corrected chi connectivity index (χ3v) is 5.72. The number of oxazole rings is 1. The Morgan fingerprint density at radius 1 is 1.16 bits per heavy atom. The van der Waals surface area contributed by atoms with E-state index in [1.54, 1.807) is 43.5 Å². The molecular weight excluding hydrogens is 412 g/mol. The molecule has 0 aliphatic rings. The van der Waals surface area contributed by atoms with Gasteiger partial charge in [-0.2, -0.15) is 0 Å². The van der Waals surface area contributed by atoms with Gasteiger partial charge in [0.1, 0.15) is 11.3 Å². The highest BCUT2D eigenvalue weighted by atomic mass is 35.5. The van der Waals surface area contributed by atoms with Gasteiger partial charge in [0.25, 0.3) is 5.91 Å². The fourth-order valence-electron chi connectivity index (χ4n) is 3.32. The summed E-state index contributed by atoms with van der Waals surface area (Å²) in [6, 6.07) is 18.3. The van der Waals surface area contributed by atoms with E-state index in [1.165, 1.54) is 5.56 Å². The van der Waals surface area contributed by atoms with Gasteiger partial charge >= 0.3 is 0 Å². The zero-order valence-corrected chi connectivity index (χ0v) is 18.4. The van der Waals surface area contributed by atoms with E-state index >= 15 is 0 Å². The Balaban J connectivity index is 1.63. The van der Waals surface area contributed by atoms with Crippen LogP contribution in [0.5, 0.6) is 5.75 Å². The standard InChI is InChI=1S/C25H23ClN2O3/c1-4-15(2)16-9-11-23-22(13-16)28-25(31-23)18-8-10-20(26)21(14-18)27-24(29)17-6-5-7-19(12-17)30-3/h5-15H,4H2,1-3H3,(H,27,29)/t15-/m0/s1. The first-order valence-corrected chi connectivity index (χ1v) is 10.5. The molecular formula is C25H23ClN2O3. The maximum Gasteiger partial charge on any atom is 0.255 e. The SMILES string of the molecule is CC[C@H](C)c1ccc2oc(-c3ccc(Cl)c(NC(=O)c4cccc(OC)c4)c3)nc2c1. The van der Waals surface area contributed by atoms with E-state index in [9.17, 15) is 4.79 Å². The first kappa shape index (κ1) is 20.9. The van der Waals surface area contributed by atoms with Crippen LogP contribution in [0, 0.1) is 0 Å². The highest BCUT2D eigenvalue weighted by Crippen LogP contribution is 2.32. The van der Waals surface area contributed by atoms with E-state index < -0.39 is 0 Å². The van der Waals surface area contributed by atoms with Crippen LogP contribution in [0.1, 0.15) is 42.1 Å². The highest BCUT2D eigenvalue weighted by Gasteiger charge is 2.14. The average molecular weight is 435 g/mol. The predicted octanol–water partition coefficient (Wildman–Crippen LogP) is 6.92. The van der Waals surface area contributed by atoms with E-state index in [1.807, 2.05) is 12.1 Å². The molecule has 0 aliphatic carbocycles. The number of fused-ring (bicyclic) bond motifs is 1. The number of carbonyl (C=O) groups excluding carboxylic acids is 1. The maximum absolute atomic E-state index is 12.7. The number of benzene rings is 3. The lowest BCUT2D eigenvalue weighted by molar-refractivity contribution is 0.102. The van der Waals surface area contributed by atoms with Gasteiger partial charge in [-0.3, -0.25) is 4.79 Å². The summed E-state index contributed by atoms with van der Waals surface area (Å²) in [5.41, 5.74) is 4.45. The van der Waals surface area contributed by atoms with E-state index in [4.69, 9.17) is 20.8 Å². The largest absolute Gasteiger partial charge is 0.497 e. The monoisotopic (exact) mass is 434 g/mol. The van der Waals surface area contributed by atoms with Crippen LogP contribution in [-0.2, 0) is 0 Å². The van der Waals surface area contributed by atoms with Gasteiger partial charge in [0, 0.05) is 11.1 Å². The van der Waals surface area contributed by atoms with Crippen molar-refractivity contribution in [1.29, 1.82) is 0 Å². The first-order valence-electron chi connectivity index (χ1n) is 10.1. The van der Waals surface area contributed by atoms with Crippen molar-refractivity contribution >= 4 is 34.3 Å². The number of carbonyl (C=O) groups is 1. The molecule has 31 heavy (non-hydrogen) atoms. The summed E-state index contributed by atoms with van der Waals surface area (Å²) in [6.07, 6.45) is 1.06.